The highest BCUT2D eigenvalue weighted by Crippen LogP contribution is 2.40. The lowest BCUT2D eigenvalue weighted by molar-refractivity contribution is -0.113. The highest BCUT2D eigenvalue weighted by Gasteiger charge is 2.22. The number of carbonyl (C=O) groups excluding carboxylic acids is 1. The van der Waals surface area contributed by atoms with E-state index in [4.69, 9.17) is 9.97 Å². The zero-order chi connectivity index (χ0) is 21.2. The highest BCUT2D eigenvalue weighted by atomic mass is 32.2. The van der Waals surface area contributed by atoms with Gasteiger partial charge in [0.25, 0.3) is 0 Å². The summed E-state index contributed by atoms with van der Waals surface area (Å²) < 4.78 is 0. The van der Waals surface area contributed by atoms with Crippen molar-refractivity contribution in [2.45, 2.75) is 37.6 Å². The standard InChI is InChI=1S/C25H23N3OS2/c1-16-9-5-7-13-19(16)26-21(29)15-30-24-22-18-12-6-8-14-20(18)31-25(22)28-23(27-24)17-10-3-2-4-11-17/h2-5,7,9-11,13H,6,8,12,14-15H2,1H3,(H,26,29). The smallest absolute Gasteiger partial charge is 0.234 e. The number of benzene rings is 2. The Bertz CT molecular complexity index is 1250. The van der Waals surface area contributed by atoms with Crippen LogP contribution >= 0.6 is 23.1 Å². The van der Waals surface area contributed by atoms with Crippen molar-refractivity contribution in [3.63, 3.8) is 0 Å². The van der Waals surface area contributed by atoms with Crippen molar-refractivity contribution in [1.29, 1.82) is 0 Å². The van der Waals surface area contributed by atoms with E-state index >= 15 is 0 Å². The van der Waals surface area contributed by atoms with Crippen LogP contribution in [-0.2, 0) is 17.6 Å². The van der Waals surface area contributed by atoms with Crippen LogP contribution in [-0.4, -0.2) is 21.6 Å². The molecule has 4 aromatic rings. The van der Waals surface area contributed by atoms with Gasteiger partial charge in [0.2, 0.25) is 5.91 Å². The van der Waals surface area contributed by atoms with Crippen molar-refractivity contribution < 1.29 is 4.79 Å². The molecule has 0 atom stereocenters. The maximum atomic E-state index is 12.7. The Morgan fingerprint density at radius 3 is 2.65 bits per heavy atom. The van der Waals surface area contributed by atoms with E-state index in [0.29, 0.717) is 5.75 Å². The fourth-order valence-electron chi connectivity index (χ4n) is 3.98. The number of amides is 1. The van der Waals surface area contributed by atoms with Gasteiger partial charge in [-0.1, -0.05) is 60.3 Å². The highest BCUT2D eigenvalue weighted by molar-refractivity contribution is 8.00. The summed E-state index contributed by atoms with van der Waals surface area (Å²) in [5.74, 6) is 1.03. The molecular weight excluding hydrogens is 422 g/mol. The molecule has 2 aromatic carbocycles. The molecule has 31 heavy (non-hydrogen) atoms. The molecule has 0 radical (unpaired) electrons. The molecule has 0 spiro atoms. The number of carbonyl (C=O) groups is 1. The van der Waals surface area contributed by atoms with Crippen LogP contribution in [0.25, 0.3) is 21.6 Å². The van der Waals surface area contributed by atoms with Crippen LogP contribution in [0.2, 0.25) is 0 Å². The van der Waals surface area contributed by atoms with E-state index in [2.05, 4.69) is 5.32 Å². The summed E-state index contributed by atoms with van der Waals surface area (Å²) in [5, 5.41) is 5.11. The number of aryl methyl sites for hydroxylation is 3. The van der Waals surface area contributed by atoms with Gasteiger partial charge in [-0.15, -0.1) is 11.3 Å². The molecule has 1 amide bonds. The molecule has 2 heterocycles. The third-order valence-corrected chi connectivity index (χ3v) is 7.73. The van der Waals surface area contributed by atoms with Crippen LogP contribution in [0.4, 0.5) is 5.69 Å². The molecule has 0 aliphatic heterocycles. The molecule has 156 valence electrons. The van der Waals surface area contributed by atoms with Gasteiger partial charge in [-0.2, -0.15) is 0 Å². The van der Waals surface area contributed by atoms with Crippen molar-refractivity contribution in [1.82, 2.24) is 9.97 Å². The van der Waals surface area contributed by atoms with E-state index in [0.717, 1.165) is 50.7 Å². The van der Waals surface area contributed by atoms with Crippen LogP contribution in [0.15, 0.2) is 59.6 Å². The number of anilines is 1. The summed E-state index contributed by atoms with van der Waals surface area (Å²) in [6.07, 6.45) is 4.64. The Hall–Kier alpha value is -2.70. The SMILES string of the molecule is Cc1ccccc1NC(=O)CSc1nc(-c2ccccc2)nc2sc3c(c12)CCCC3. The Kier molecular flexibility index (Phi) is 5.74. The van der Waals surface area contributed by atoms with Crippen LogP contribution in [0.3, 0.4) is 0 Å². The first-order chi connectivity index (χ1) is 15.2. The van der Waals surface area contributed by atoms with Gasteiger partial charge in [0.1, 0.15) is 9.86 Å². The lowest BCUT2D eigenvalue weighted by atomic mass is 9.97. The van der Waals surface area contributed by atoms with Crippen LogP contribution in [0, 0.1) is 6.92 Å². The molecule has 0 saturated heterocycles. The summed E-state index contributed by atoms with van der Waals surface area (Å²) in [7, 11) is 0. The molecule has 2 aromatic heterocycles. The lowest BCUT2D eigenvalue weighted by Crippen LogP contribution is -2.15. The molecule has 6 heteroatoms. The Balaban J connectivity index is 1.48. The molecule has 1 aliphatic rings. The first-order valence-electron chi connectivity index (χ1n) is 10.5. The molecule has 1 aliphatic carbocycles. The Morgan fingerprint density at radius 1 is 1.03 bits per heavy atom. The van der Waals surface area contributed by atoms with E-state index in [1.54, 1.807) is 11.3 Å². The summed E-state index contributed by atoms with van der Waals surface area (Å²) in [6.45, 7) is 2.00. The number of hydrogen-bond donors (Lipinski definition) is 1. The number of para-hydroxylation sites is 1. The zero-order valence-electron chi connectivity index (χ0n) is 17.4. The minimum absolute atomic E-state index is 0.0172. The first-order valence-corrected chi connectivity index (χ1v) is 12.4. The van der Waals surface area contributed by atoms with Gasteiger partial charge in [0, 0.05) is 21.5 Å². The predicted octanol–water partition coefficient (Wildman–Crippen LogP) is 6.28. The van der Waals surface area contributed by atoms with Crippen LogP contribution in [0.5, 0.6) is 0 Å². The van der Waals surface area contributed by atoms with E-state index in [-0.39, 0.29) is 5.91 Å². The normalized spacial score (nSPS) is 13.2. The van der Waals surface area contributed by atoms with Crippen LogP contribution in [0.1, 0.15) is 28.8 Å². The van der Waals surface area contributed by atoms with Gasteiger partial charge in [0.05, 0.1) is 5.75 Å². The number of aromatic nitrogens is 2. The third kappa shape index (κ3) is 4.23. The summed E-state index contributed by atoms with van der Waals surface area (Å²) in [5.41, 5.74) is 4.32. The average molecular weight is 446 g/mol. The summed E-state index contributed by atoms with van der Waals surface area (Å²) in [6, 6.07) is 17.9. The molecule has 4 nitrogen and oxygen atoms in total. The second-order valence-corrected chi connectivity index (χ2v) is 9.81. The van der Waals surface area contributed by atoms with Crippen molar-refractivity contribution >= 4 is 44.9 Å². The van der Waals surface area contributed by atoms with Crippen LogP contribution < -0.4 is 5.32 Å². The third-order valence-electron chi connectivity index (χ3n) is 5.57. The first kappa shape index (κ1) is 20.2. The van der Waals surface area contributed by atoms with Crippen molar-refractivity contribution in [3.05, 3.63) is 70.6 Å². The molecule has 0 saturated carbocycles. The van der Waals surface area contributed by atoms with Crippen molar-refractivity contribution in [3.8, 4) is 11.4 Å². The molecule has 0 bridgehead atoms. The number of nitrogens with one attached hydrogen (secondary N) is 1. The Labute approximate surface area is 190 Å². The van der Waals surface area contributed by atoms with Gasteiger partial charge in [-0.25, -0.2) is 9.97 Å². The van der Waals surface area contributed by atoms with Gasteiger partial charge < -0.3 is 5.32 Å². The van der Waals surface area contributed by atoms with Gasteiger partial charge in [0.15, 0.2) is 5.82 Å². The van der Waals surface area contributed by atoms with E-state index in [1.165, 1.54) is 35.0 Å². The molecule has 0 fully saturated rings. The average Bonchev–Trinajstić information content (AvgIpc) is 3.18. The van der Waals surface area contributed by atoms with Gasteiger partial charge >= 0.3 is 0 Å². The maximum Gasteiger partial charge on any atom is 0.234 e. The Morgan fingerprint density at radius 2 is 1.81 bits per heavy atom. The quantitative estimate of drug-likeness (QED) is 0.290. The summed E-state index contributed by atoms with van der Waals surface area (Å²) in [4.78, 5) is 25.0. The molecular formula is C25H23N3OS2. The lowest BCUT2D eigenvalue weighted by Gasteiger charge is -2.12. The minimum Gasteiger partial charge on any atom is -0.325 e. The number of fused-ring (bicyclic) bond motifs is 3. The predicted molar refractivity (Wildman–Crippen MR) is 130 cm³/mol. The largest absolute Gasteiger partial charge is 0.325 e. The zero-order valence-corrected chi connectivity index (χ0v) is 19.0. The number of thiophene rings is 1. The second-order valence-electron chi connectivity index (χ2n) is 7.76. The molecule has 1 N–H and O–H groups in total. The number of hydrogen-bond acceptors (Lipinski definition) is 5. The fourth-order valence-corrected chi connectivity index (χ4v) is 6.16. The minimum atomic E-state index is -0.0172. The van der Waals surface area contributed by atoms with Gasteiger partial charge in [-0.3, -0.25) is 4.79 Å². The van der Waals surface area contributed by atoms with Crippen molar-refractivity contribution in [2.24, 2.45) is 0 Å². The van der Waals surface area contributed by atoms with E-state index in [9.17, 15) is 4.79 Å². The number of thioether (sulfide) groups is 1. The second kappa shape index (κ2) is 8.81. The van der Waals surface area contributed by atoms with Gasteiger partial charge in [-0.05, 0) is 49.8 Å². The summed E-state index contributed by atoms with van der Waals surface area (Å²) >= 11 is 3.31. The monoisotopic (exact) mass is 445 g/mol. The fraction of sp³-hybridized carbons (Fsp3) is 0.240. The van der Waals surface area contributed by atoms with E-state index in [1.807, 2.05) is 61.5 Å². The number of rotatable bonds is 5. The number of nitrogens with zero attached hydrogens (tertiary/aromatic N) is 2. The molecule has 0 unspecified atom stereocenters. The molecule has 5 rings (SSSR count). The maximum absolute atomic E-state index is 12.7. The van der Waals surface area contributed by atoms with E-state index < -0.39 is 0 Å². The van der Waals surface area contributed by atoms with Crippen molar-refractivity contribution in [2.75, 3.05) is 11.1 Å². The topological polar surface area (TPSA) is 54.9 Å².